The van der Waals surface area contributed by atoms with E-state index in [4.69, 9.17) is 14.6 Å². The van der Waals surface area contributed by atoms with E-state index in [1.165, 1.54) is 30.3 Å². The van der Waals surface area contributed by atoms with Gasteiger partial charge in [-0.2, -0.15) is 13.2 Å². The van der Waals surface area contributed by atoms with E-state index in [9.17, 15) is 23.1 Å². The first-order valence-corrected chi connectivity index (χ1v) is 10.9. The van der Waals surface area contributed by atoms with Gasteiger partial charge >= 0.3 is 12.1 Å². The van der Waals surface area contributed by atoms with Crippen molar-refractivity contribution < 1.29 is 37.7 Å². The standard InChI is InChI=1S/C28H21F3O5/c29-28(30,31)22-9-7-18(8-10-22)16-35-23-6-2-5-21(14-23)20-4-1-3-19(13-20)17-36-24-11-12-26(32)25(15-24)27(33)34/h1-15,32H,16-17H2,(H,33,34). The molecule has 36 heavy (non-hydrogen) atoms. The molecule has 5 nitrogen and oxygen atoms in total. The summed E-state index contributed by atoms with van der Waals surface area (Å²) < 4.78 is 49.7. The van der Waals surface area contributed by atoms with Gasteiger partial charge in [0.2, 0.25) is 0 Å². The van der Waals surface area contributed by atoms with Crippen LogP contribution in [-0.2, 0) is 19.4 Å². The Morgan fingerprint density at radius 1 is 0.722 bits per heavy atom. The molecule has 0 heterocycles. The van der Waals surface area contributed by atoms with Gasteiger partial charge in [-0.15, -0.1) is 0 Å². The van der Waals surface area contributed by atoms with E-state index < -0.39 is 17.7 Å². The van der Waals surface area contributed by atoms with E-state index in [-0.39, 0.29) is 24.5 Å². The largest absolute Gasteiger partial charge is 0.507 e. The predicted molar refractivity (Wildman–Crippen MR) is 127 cm³/mol. The summed E-state index contributed by atoms with van der Waals surface area (Å²) in [4.78, 5) is 11.2. The highest BCUT2D eigenvalue weighted by Crippen LogP contribution is 2.30. The van der Waals surface area contributed by atoms with Crippen molar-refractivity contribution in [2.45, 2.75) is 19.4 Å². The third kappa shape index (κ3) is 6.15. The molecule has 0 atom stereocenters. The molecule has 0 fully saturated rings. The minimum atomic E-state index is -4.38. The Kier molecular flexibility index (Phi) is 7.15. The summed E-state index contributed by atoms with van der Waals surface area (Å²) in [6.45, 7) is 0.308. The normalized spacial score (nSPS) is 11.2. The van der Waals surface area contributed by atoms with Crippen LogP contribution in [0, 0.1) is 0 Å². The number of aromatic carboxylic acids is 1. The van der Waals surface area contributed by atoms with Gasteiger partial charge in [0, 0.05) is 0 Å². The Hall–Kier alpha value is -4.46. The molecule has 0 amide bonds. The molecule has 0 unspecified atom stereocenters. The average Bonchev–Trinajstić information content (AvgIpc) is 2.87. The fourth-order valence-corrected chi connectivity index (χ4v) is 3.51. The highest BCUT2D eigenvalue weighted by Gasteiger charge is 2.29. The zero-order chi connectivity index (χ0) is 25.7. The van der Waals surface area contributed by atoms with Crippen LogP contribution in [0.3, 0.4) is 0 Å². The Labute approximate surface area is 205 Å². The Balaban J connectivity index is 1.42. The van der Waals surface area contributed by atoms with Crippen LogP contribution in [0.5, 0.6) is 17.2 Å². The Morgan fingerprint density at radius 3 is 2.00 bits per heavy atom. The second-order valence-corrected chi connectivity index (χ2v) is 7.98. The lowest BCUT2D eigenvalue weighted by Crippen LogP contribution is -2.05. The summed E-state index contributed by atoms with van der Waals surface area (Å²) in [6, 6.07) is 23.8. The summed E-state index contributed by atoms with van der Waals surface area (Å²) in [5, 5.41) is 18.8. The molecular formula is C28H21F3O5. The molecule has 4 aromatic carbocycles. The first-order chi connectivity index (χ1) is 17.2. The molecule has 4 aromatic rings. The van der Waals surface area contributed by atoms with E-state index in [0.717, 1.165) is 28.8 Å². The molecule has 2 N–H and O–H groups in total. The van der Waals surface area contributed by atoms with Crippen molar-refractivity contribution in [3.05, 3.63) is 113 Å². The van der Waals surface area contributed by atoms with Crippen molar-refractivity contribution in [1.29, 1.82) is 0 Å². The van der Waals surface area contributed by atoms with Crippen LogP contribution in [0.15, 0.2) is 91.0 Å². The molecule has 0 aliphatic heterocycles. The number of ether oxygens (including phenoxy) is 2. The van der Waals surface area contributed by atoms with Gasteiger partial charge in [0.25, 0.3) is 0 Å². The highest BCUT2D eigenvalue weighted by molar-refractivity contribution is 5.91. The van der Waals surface area contributed by atoms with E-state index in [1.807, 2.05) is 42.5 Å². The van der Waals surface area contributed by atoms with Crippen LogP contribution in [0.1, 0.15) is 27.0 Å². The van der Waals surface area contributed by atoms with Crippen molar-refractivity contribution in [2.24, 2.45) is 0 Å². The lowest BCUT2D eigenvalue weighted by molar-refractivity contribution is -0.137. The van der Waals surface area contributed by atoms with Gasteiger partial charge in [0.1, 0.15) is 36.0 Å². The summed E-state index contributed by atoms with van der Waals surface area (Å²) in [7, 11) is 0. The monoisotopic (exact) mass is 494 g/mol. The molecule has 0 radical (unpaired) electrons. The van der Waals surface area contributed by atoms with Crippen LogP contribution in [0.4, 0.5) is 13.2 Å². The number of benzene rings is 4. The summed E-state index contributed by atoms with van der Waals surface area (Å²) in [6.07, 6.45) is -4.38. The number of rotatable bonds is 8. The maximum absolute atomic E-state index is 12.7. The molecule has 0 aromatic heterocycles. The van der Waals surface area contributed by atoms with Crippen molar-refractivity contribution in [3.8, 4) is 28.4 Å². The fraction of sp³-hybridized carbons (Fsp3) is 0.107. The van der Waals surface area contributed by atoms with Gasteiger partial charge in [-0.05, 0) is 70.8 Å². The van der Waals surface area contributed by atoms with E-state index in [1.54, 1.807) is 6.07 Å². The zero-order valence-corrected chi connectivity index (χ0v) is 18.8. The zero-order valence-electron chi connectivity index (χ0n) is 18.8. The Morgan fingerprint density at radius 2 is 1.33 bits per heavy atom. The van der Waals surface area contributed by atoms with Crippen LogP contribution < -0.4 is 9.47 Å². The lowest BCUT2D eigenvalue weighted by Gasteiger charge is -2.11. The van der Waals surface area contributed by atoms with E-state index in [0.29, 0.717) is 17.1 Å². The van der Waals surface area contributed by atoms with Gasteiger partial charge in [-0.1, -0.05) is 42.5 Å². The van der Waals surface area contributed by atoms with Crippen LogP contribution >= 0.6 is 0 Å². The summed E-state index contributed by atoms with van der Waals surface area (Å²) in [5.41, 5.74) is 2.29. The molecule has 0 saturated carbocycles. The van der Waals surface area contributed by atoms with E-state index in [2.05, 4.69) is 0 Å². The molecule has 0 aliphatic carbocycles. The topological polar surface area (TPSA) is 76.0 Å². The van der Waals surface area contributed by atoms with Crippen LogP contribution in [0.2, 0.25) is 0 Å². The second kappa shape index (κ2) is 10.4. The van der Waals surface area contributed by atoms with Crippen molar-refractivity contribution >= 4 is 5.97 Å². The molecule has 0 bridgehead atoms. The Bertz CT molecular complexity index is 1360. The third-order valence-electron chi connectivity index (χ3n) is 5.39. The number of alkyl halides is 3. The lowest BCUT2D eigenvalue weighted by atomic mass is 10.0. The van der Waals surface area contributed by atoms with Gasteiger partial charge in [0.05, 0.1) is 5.56 Å². The number of carboxylic acid groups (broad SMARTS) is 1. The number of carbonyl (C=O) groups is 1. The van der Waals surface area contributed by atoms with Crippen molar-refractivity contribution in [3.63, 3.8) is 0 Å². The average molecular weight is 494 g/mol. The molecular weight excluding hydrogens is 473 g/mol. The first-order valence-electron chi connectivity index (χ1n) is 10.9. The molecule has 4 rings (SSSR count). The van der Waals surface area contributed by atoms with Crippen molar-refractivity contribution in [1.82, 2.24) is 0 Å². The molecule has 184 valence electrons. The SMILES string of the molecule is O=C(O)c1cc(OCc2cccc(-c3cccc(OCc4ccc(C(F)(F)F)cc4)c3)c2)ccc1O. The van der Waals surface area contributed by atoms with Gasteiger partial charge in [-0.25, -0.2) is 4.79 Å². The number of halogens is 3. The maximum atomic E-state index is 12.7. The number of phenols is 1. The predicted octanol–water partition coefficient (Wildman–Crippen LogP) is 6.93. The second-order valence-electron chi connectivity index (χ2n) is 7.98. The molecule has 8 heteroatoms. The number of hydrogen-bond acceptors (Lipinski definition) is 4. The quantitative estimate of drug-likeness (QED) is 0.278. The van der Waals surface area contributed by atoms with Crippen LogP contribution in [-0.4, -0.2) is 16.2 Å². The van der Waals surface area contributed by atoms with Gasteiger partial charge in [0.15, 0.2) is 0 Å². The number of hydrogen-bond donors (Lipinski definition) is 2. The fourth-order valence-electron chi connectivity index (χ4n) is 3.51. The van der Waals surface area contributed by atoms with E-state index >= 15 is 0 Å². The highest BCUT2D eigenvalue weighted by atomic mass is 19.4. The molecule has 0 aliphatic rings. The summed E-state index contributed by atoms with van der Waals surface area (Å²) in [5.74, 6) is -0.703. The van der Waals surface area contributed by atoms with Gasteiger partial charge < -0.3 is 19.7 Å². The van der Waals surface area contributed by atoms with Crippen molar-refractivity contribution in [2.75, 3.05) is 0 Å². The third-order valence-corrected chi connectivity index (χ3v) is 5.39. The maximum Gasteiger partial charge on any atom is 0.416 e. The smallest absolute Gasteiger partial charge is 0.416 e. The summed E-state index contributed by atoms with van der Waals surface area (Å²) >= 11 is 0. The first kappa shape index (κ1) is 24.7. The molecule has 0 spiro atoms. The van der Waals surface area contributed by atoms with Gasteiger partial charge in [-0.3, -0.25) is 0 Å². The van der Waals surface area contributed by atoms with Crippen LogP contribution in [0.25, 0.3) is 11.1 Å². The molecule has 0 saturated heterocycles. The number of aromatic hydroxyl groups is 1. The minimum absolute atomic E-state index is 0.125. The number of carboxylic acids is 1. The minimum Gasteiger partial charge on any atom is -0.507 e.